The molecule has 2 amide bonds. The van der Waals surface area contributed by atoms with Crippen molar-refractivity contribution in [1.29, 1.82) is 0 Å². The van der Waals surface area contributed by atoms with Crippen molar-refractivity contribution in [2.75, 3.05) is 0 Å². The lowest BCUT2D eigenvalue weighted by molar-refractivity contribution is -0.144. The maximum absolute atomic E-state index is 14.2. The Morgan fingerprint density at radius 3 is 2.57 bits per heavy atom. The number of para-hydroxylation sites is 1. The molecule has 4 aromatic rings. The van der Waals surface area contributed by atoms with E-state index in [2.05, 4.69) is 15.6 Å². The Balaban J connectivity index is 1.53. The van der Waals surface area contributed by atoms with Crippen LogP contribution in [0.5, 0.6) is 5.75 Å². The van der Waals surface area contributed by atoms with Crippen LogP contribution in [0.4, 0.5) is 0 Å². The van der Waals surface area contributed by atoms with Gasteiger partial charge in [0.25, 0.3) is 0 Å². The zero-order valence-electron chi connectivity index (χ0n) is 20.8. The molecule has 1 aliphatic rings. The Hall–Kier alpha value is -4.14. The molecule has 0 spiro atoms. The Morgan fingerprint density at radius 1 is 1.08 bits per heavy atom. The summed E-state index contributed by atoms with van der Waals surface area (Å²) >= 11 is 0. The number of hydrogen-bond acceptors (Lipinski definition) is 6. The highest BCUT2D eigenvalue weighted by Gasteiger charge is 2.36. The van der Waals surface area contributed by atoms with Gasteiger partial charge in [-0.2, -0.15) is 0 Å². The summed E-state index contributed by atoms with van der Waals surface area (Å²) in [5.74, 6) is 0.0804. The number of amides is 2. The van der Waals surface area contributed by atoms with E-state index in [1.54, 1.807) is 42.1 Å². The van der Waals surface area contributed by atoms with Crippen molar-refractivity contribution in [2.45, 2.75) is 63.7 Å². The van der Waals surface area contributed by atoms with E-state index in [9.17, 15) is 14.7 Å². The lowest BCUT2D eigenvalue weighted by atomic mass is 9.94. The van der Waals surface area contributed by atoms with Gasteiger partial charge in [0.05, 0.1) is 18.3 Å². The number of nitrogens with zero attached hydrogens (tertiary/aromatic N) is 4. The number of phenols is 1. The largest absolute Gasteiger partial charge is 0.508 e. The molecule has 0 bridgehead atoms. The summed E-state index contributed by atoms with van der Waals surface area (Å²) in [5, 5.41) is 21.5. The van der Waals surface area contributed by atoms with E-state index < -0.39 is 12.1 Å². The third-order valence-corrected chi connectivity index (χ3v) is 7.01. The van der Waals surface area contributed by atoms with Crippen molar-refractivity contribution in [3.05, 3.63) is 78.3 Å². The standard InChI is InChI=1S/C28H31N5O4/c1-19(33-25-12-6-5-11-24(25)30-31-33)28(36)32(18-23-10-7-17-37-23)26(20-13-15-22(34)16-14-20)27(35)29-21-8-3-2-4-9-21/h5-7,10-17,19,21,26,34H,2-4,8-9,18H2,1H3,(H,29,35). The molecule has 2 aromatic heterocycles. The molecule has 192 valence electrons. The topological polar surface area (TPSA) is 113 Å². The van der Waals surface area contributed by atoms with Gasteiger partial charge >= 0.3 is 0 Å². The van der Waals surface area contributed by atoms with Gasteiger partial charge in [0, 0.05) is 6.04 Å². The summed E-state index contributed by atoms with van der Waals surface area (Å²) in [6, 6.07) is 15.8. The number of phenolic OH excluding ortho intramolecular Hbond substituents is 1. The van der Waals surface area contributed by atoms with Crippen LogP contribution in [0.25, 0.3) is 11.0 Å². The number of fused-ring (bicyclic) bond motifs is 1. The molecule has 2 heterocycles. The molecule has 1 aliphatic carbocycles. The van der Waals surface area contributed by atoms with E-state index in [1.807, 2.05) is 24.3 Å². The average Bonchev–Trinajstić information content (AvgIpc) is 3.59. The van der Waals surface area contributed by atoms with Gasteiger partial charge in [-0.05, 0) is 61.7 Å². The summed E-state index contributed by atoms with van der Waals surface area (Å²) in [6.45, 7) is 1.85. The minimum atomic E-state index is -0.933. The number of carbonyl (C=O) groups is 2. The van der Waals surface area contributed by atoms with Crippen LogP contribution in [0.1, 0.15) is 62.4 Å². The van der Waals surface area contributed by atoms with Gasteiger partial charge in [-0.3, -0.25) is 9.59 Å². The maximum Gasteiger partial charge on any atom is 0.248 e. The molecule has 0 saturated heterocycles. The summed E-state index contributed by atoms with van der Waals surface area (Å²) in [6.07, 6.45) is 6.69. The molecule has 1 saturated carbocycles. The molecule has 5 rings (SSSR count). The molecular formula is C28H31N5O4. The minimum absolute atomic E-state index is 0.0677. The first-order valence-electron chi connectivity index (χ1n) is 12.7. The van der Waals surface area contributed by atoms with Crippen LogP contribution in [0.3, 0.4) is 0 Å². The normalized spacial score (nSPS) is 15.8. The maximum atomic E-state index is 14.2. The van der Waals surface area contributed by atoms with Crippen LogP contribution < -0.4 is 5.32 Å². The number of benzene rings is 2. The van der Waals surface area contributed by atoms with Crippen molar-refractivity contribution >= 4 is 22.8 Å². The molecule has 9 nitrogen and oxygen atoms in total. The summed E-state index contributed by atoms with van der Waals surface area (Å²) in [5.41, 5.74) is 2.01. The molecule has 1 fully saturated rings. The highest BCUT2D eigenvalue weighted by molar-refractivity contribution is 5.91. The molecule has 9 heteroatoms. The highest BCUT2D eigenvalue weighted by Crippen LogP contribution is 2.30. The molecule has 0 aliphatic heterocycles. The number of rotatable bonds is 8. The first-order valence-corrected chi connectivity index (χ1v) is 12.7. The monoisotopic (exact) mass is 501 g/mol. The fourth-order valence-corrected chi connectivity index (χ4v) is 5.04. The molecule has 37 heavy (non-hydrogen) atoms. The number of aromatic nitrogens is 3. The van der Waals surface area contributed by atoms with Crippen molar-refractivity contribution in [3.63, 3.8) is 0 Å². The number of furan rings is 1. The second-order valence-corrected chi connectivity index (χ2v) is 9.58. The molecule has 2 aromatic carbocycles. The van der Waals surface area contributed by atoms with Crippen LogP contribution in [0.2, 0.25) is 0 Å². The fraction of sp³-hybridized carbons (Fsp3) is 0.357. The number of aromatic hydroxyl groups is 1. The van der Waals surface area contributed by atoms with E-state index in [0.717, 1.165) is 31.2 Å². The molecule has 2 unspecified atom stereocenters. The third kappa shape index (κ3) is 5.35. The van der Waals surface area contributed by atoms with Crippen molar-refractivity contribution < 1.29 is 19.1 Å². The van der Waals surface area contributed by atoms with E-state index in [0.29, 0.717) is 16.8 Å². The number of carbonyl (C=O) groups excluding carboxylic acids is 2. The van der Waals surface area contributed by atoms with Gasteiger partial charge < -0.3 is 19.7 Å². The van der Waals surface area contributed by atoms with E-state index >= 15 is 0 Å². The predicted octanol–water partition coefficient (Wildman–Crippen LogP) is 4.51. The summed E-state index contributed by atoms with van der Waals surface area (Å²) < 4.78 is 7.17. The molecule has 0 radical (unpaired) electrons. The van der Waals surface area contributed by atoms with E-state index in [-0.39, 0.29) is 30.2 Å². The summed E-state index contributed by atoms with van der Waals surface area (Å²) in [7, 11) is 0. The van der Waals surface area contributed by atoms with Crippen molar-refractivity contribution in [2.24, 2.45) is 0 Å². The van der Waals surface area contributed by atoms with Crippen LogP contribution in [-0.4, -0.2) is 42.9 Å². The highest BCUT2D eigenvalue weighted by atomic mass is 16.3. The first kappa shape index (κ1) is 24.5. The molecular weight excluding hydrogens is 470 g/mol. The van der Waals surface area contributed by atoms with Crippen LogP contribution >= 0.6 is 0 Å². The molecule has 2 N–H and O–H groups in total. The fourth-order valence-electron chi connectivity index (χ4n) is 5.04. The Labute approximate surface area is 215 Å². The minimum Gasteiger partial charge on any atom is -0.508 e. The Kier molecular flexibility index (Phi) is 7.20. The van der Waals surface area contributed by atoms with Gasteiger partial charge in [0.15, 0.2) is 0 Å². The van der Waals surface area contributed by atoms with E-state index in [4.69, 9.17) is 4.42 Å². The van der Waals surface area contributed by atoms with Crippen LogP contribution in [0.15, 0.2) is 71.3 Å². The lowest BCUT2D eigenvalue weighted by Crippen LogP contribution is -2.48. The zero-order valence-corrected chi connectivity index (χ0v) is 20.8. The first-order chi connectivity index (χ1) is 18.0. The Bertz CT molecular complexity index is 1340. The summed E-state index contributed by atoms with van der Waals surface area (Å²) in [4.78, 5) is 29.5. The smallest absolute Gasteiger partial charge is 0.248 e. The van der Waals surface area contributed by atoms with E-state index in [1.165, 1.54) is 23.5 Å². The lowest BCUT2D eigenvalue weighted by Gasteiger charge is -2.34. The molecule has 2 atom stereocenters. The second kappa shape index (κ2) is 10.9. The Morgan fingerprint density at radius 2 is 1.84 bits per heavy atom. The van der Waals surface area contributed by atoms with Gasteiger partial charge in [-0.25, -0.2) is 4.68 Å². The predicted molar refractivity (Wildman–Crippen MR) is 137 cm³/mol. The average molecular weight is 502 g/mol. The van der Waals surface area contributed by atoms with Gasteiger partial charge in [0.2, 0.25) is 11.8 Å². The van der Waals surface area contributed by atoms with Crippen molar-refractivity contribution in [1.82, 2.24) is 25.2 Å². The van der Waals surface area contributed by atoms with Crippen LogP contribution in [0, 0.1) is 0 Å². The quantitative estimate of drug-likeness (QED) is 0.367. The number of nitrogens with one attached hydrogen (secondary N) is 1. The SMILES string of the molecule is CC(C(=O)N(Cc1ccco1)C(C(=O)NC1CCCCC1)c1ccc(O)cc1)n1nnc2ccccc21. The van der Waals surface area contributed by atoms with Gasteiger partial charge in [-0.1, -0.05) is 48.7 Å². The van der Waals surface area contributed by atoms with Gasteiger partial charge in [0.1, 0.15) is 29.1 Å². The third-order valence-electron chi connectivity index (χ3n) is 7.01. The zero-order chi connectivity index (χ0) is 25.8. The second-order valence-electron chi connectivity index (χ2n) is 9.58. The van der Waals surface area contributed by atoms with Crippen LogP contribution in [-0.2, 0) is 16.1 Å². The van der Waals surface area contributed by atoms with Gasteiger partial charge in [-0.15, -0.1) is 5.10 Å². The van der Waals surface area contributed by atoms with Crippen molar-refractivity contribution in [3.8, 4) is 5.75 Å². The number of hydrogen-bond donors (Lipinski definition) is 2.